The molecular weight excluding hydrogens is 278 g/mol. The Morgan fingerprint density at radius 1 is 1.36 bits per heavy atom. The molecule has 0 spiro atoms. The molecule has 1 aliphatic rings. The number of pyridine rings is 1. The van der Waals surface area contributed by atoms with Gasteiger partial charge in [0.25, 0.3) is 0 Å². The highest BCUT2D eigenvalue weighted by Gasteiger charge is 2.32. The molecule has 2 amide bonds. The first-order valence-corrected chi connectivity index (χ1v) is 7.96. The molecule has 5 nitrogen and oxygen atoms in total. The van der Waals surface area contributed by atoms with Crippen molar-refractivity contribution in [3.8, 4) is 0 Å². The van der Waals surface area contributed by atoms with Gasteiger partial charge in [0.15, 0.2) is 0 Å². The Morgan fingerprint density at radius 2 is 2.14 bits per heavy atom. The van der Waals surface area contributed by atoms with Crippen molar-refractivity contribution >= 4 is 11.8 Å². The van der Waals surface area contributed by atoms with E-state index in [1.54, 1.807) is 6.20 Å². The zero-order valence-electron chi connectivity index (χ0n) is 13.6. The number of nitrogens with zero attached hydrogens (tertiary/aromatic N) is 2. The SMILES string of the molecule is CC(=O)NC(c1ccccn1)C1CCCN(C(=O)C(C)C)C1. The maximum absolute atomic E-state index is 12.2. The van der Waals surface area contributed by atoms with Gasteiger partial charge in [0.1, 0.15) is 0 Å². The summed E-state index contributed by atoms with van der Waals surface area (Å²) >= 11 is 0. The summed E-state index contributed by atoms with van der Waals surface area (Å²) in [6.45, 7) is 6.86. The molecule has 2 heterocycles. The summed E-state index contributed by atoms with van der Waals surface area (Å²) in [6.07, 6.45) is 3.69. The molecule has 1 aliphatic heterocycles. The average Bonchev–Trinajstić information content (AvgIpc) is 2.52. The van der Waals surface area contributed by atoms with Crippen molar-refractivity contribution in [1.29, 1.82) is 0 Å². The van der Waals surface area contributed by atoms with Crippen LogP contribution in [0.15, 0.2) is 24.4 Å². The number of nitrogens with one attached hydrogen (secondary N) is 1. The highest BCUT2D eigenvalue weighted by molar-refractivity contribution is 5.78. The van der Waals surface area contributed by atoms with Crippen LogP contribution in [0.4, 0.5) is 0 Å². The minimum Gasteiger partial charge on any atom is -0.348 e. The number of hydrogen-bond donors (Lipinski definition) is 1. The van der Waals surface area contributed by atoms with E-state index in [1.807, 2.05) is 36.9 Å². The van der Waals surface area contributed by atoms with Crippen molar-refractivity contribution in [2.75, 3.05) is 13.1 Å². The monoisotopic (exact) mass is 303 g/mol. The van der Waals surface area contributed by atoms with Crippen LogP contribution < -0.4 is 5.32 Å². The standard InChI is InChI=1S/C17H25N3O2/c1-12(2)17(22)20-10-6-7-14(11-20)16(19-13(3)21)15-8-4-5-9-18-15/h4-5,8-9,12,14,16H,6-7,10-11H2,1-3H3,(H,19,21). The molecule has 0 saturated carbocycles. The number of piperidine rings is 1. The normalized spacial score (nSPS) is 19.8. The van der Waals surface area contributed by atoms with Crippen LogP contribution in [0.3, 0.4) is 0 Å². The highest BCUT2D eigenvalue weighted by atomic mass is 16.2. The Labute approximate surface area is 132 Å². The minimum atomic E-state index is -0.138. The molecule has 1 aromatic heterocycles. The lowest BCUT2D eigenvalue weighted by Gasteiger charge is -2.37. The maximum Gasteiger partial charge on any atom is 0.225 e. The van der Waals surface area contributed by atoms with Crippen molar-refractivity contribution in [1.82, 2.24) is 15.2 Å². The highest BCUT2D eigenvalue weighted by Crippen LogP contribution is 2.29. The van der Waals surface area contributed by atoms with Crippen LogP contribution in [-0.2, 0) is 9.59 Å². The van der Waals surface area contributed by atoms with E-state index in [2.05, 4.69) is 10.3 Å². The van der Waals surface area contributed by atoms with Gasteiger partial charge in [-0.1, -0.05) is 19.9 Å². The second kappa shape index (κ2) is 7.38. The van der Waals surface area contributed by atoms with Gasteiger partial charge in [-0.15, -0.1) is 0 Å². The van der Waals surface area contributed by atoms with E-state index in [-0.39, 0.29) is 29.7 Å². The zero-order chi connectivity index (χ0) is 16.1. The van der Waals surface area contributed by atoms with Gasteiger partial charge in [-0.05, 0) is 25.0 Å². The van der Waals surface area contributed by atoms with Gasteiger partial charge < -0.3 is 10.2 Å². The first-order valence-electron chi connectivity index (χ1n) is 7.96. The van der Waals surface area contributed by atoms with E-state index in [1.165, 1.54) is 6.92 Å². The zero-order valence-corrected chi connectivity index (χ0v) is 13.6. The Kier molecular flexibility index (Phi) is 5.52. The molecule has 0 radical (unpaired) electrons. The van der Waals surface area contributed by atoms with Crippen LogP contribution in [0.5, 0.6) is 0 Å². The third kappa shape index (κ3) is 4.06. The predicted molar refractivity (Wildman–Crippen MR) is 84.9 cm³/mol. The van der Waals surface area contributed by atoms with Gasteiger partial charge in [-0.3, -0.25) is 14.6 Å². The summed E-state index contributed by atoms with van der Waals surface area (Å²) in [5.74, 6) is 0.332. The maximum atomic E-state index is 12.2. The lowest BCUT2D eigenvalue weighted by atomic mass is 9.88. The first kappa shape index (κ1) is 16.5. The lowest BCUT2D eigenvalue weighted by molar-refractivity contribution is -0.136. The molecule has 0 aliphatic carbocycles. The quantitative estimate of drug-likeness (QED) is 0.927. The molecule has 1 aromatic rings. The van der Waals surface area contributed by atoms with Crippen LogP contribution in [0, 0.1) is 11.8 Å². The van der Waals surface area contributed by atoms with Gasteiger partial charge in [0.05, 0.1) is 11.7 Å². The van der Waals surface area contributed by atoms with E-state index < -0.39 is 0 Å². The molecule has 1 saturated heterocycles. The number of hydrogen-bond acceptors (Lipinski definition) is 3. The van der Waals surface area contributed by atoms with Gasteiger partial charge in [-0.25, -0.2) is 0 Å². The molecule has 1 fully saturated rings. The smallest absolute Gasteiger partial charge is 0.225 e. The fraction of sp³-hybridized carbons (Fsp3) is 0.588. The fourth-order valence-corrected chi connectivity index (χ4v) is 3.06. The van der Waals surface area contributed by atoms with Gasteiger partial charge in [0.2, 0.25) is 11.8 Å². The number of carbonyl (C=O) groups is 2. The summed E-state index contributed by atoms with van der Waals surface area (Å²) in [7, 11) is 0. The predicted octanol–water partition coefficient (Wildman–Crippen LogP) is 2.15. The summed E-state index contributed by atoms with van der Waals surface area (Å²) in [5, 5.41) is 3.02. The van der Waals surface area contributed by atoms with Crippen molar-refractivity contribution in [2.45, 2.75) is 39.7 Å². The molecular formula is C17H25N3O2. The second-order valence-corrected chi connectivity index (χ2v) is 6.27. The molecule has 120 valence electrons. The second-order valence-electron chi connectivity index (χ2n) is 6.27. The van der Waals surface area contributed by atoms with Crippen LogP contribution >= 0.6 is 0 Å². The molecule has 1 N–H and O–H groups in total. The largest absolute Gasteiger partial charge is 0.348 e. The number of rotatable bonds is 4. The van der Waals surface area contributed by atoms with Crippen LogP contribution in [0.25, 0.3) is 0 Å². The van der Waals surface area contributed by atoms with E-state index >= 15 is 0 Å². The van der Waals surface area contributed by atoms with Crippen molar-refractivity contribution in [2.24, 2.45) is 11.8 Å². The van der Waals surface area contributed by atoms with Crippen LogP contribution in [0.1, 0.15) is 45.3 Å². The molecule has 22 heavy (non-hydrogen) atoms. The summed E-state index contributed by atoms with van der Waals surface area (Å²) in [4.78, 5) is 30.1. The Morgan fingerprint density at radius 3 is 2.73 bits per heavy atom. The van der Waals surface area contributed by atoms with E-state index in [4.69, 9.17) is 0 Å². The Balaban J connectivity index is 2.17. The number of amides is 2. The topological polar surface area (TPSA) is 62.3 Å². The van der Waals surface area contributed by atoms with Crippen LogP contribution in [0.2, 0.25) is 0 Å². The molecule has 2 atom stereocenters. The van der Waals surface area contributed by atoms with Gasteiger partial charge in [0, 0.05) is 38.0 Å². The Bertz CT molecular complexity index is 516. The third-order valence-corrected chi connectivity index (χ3v) is 4.10. The minimum absolute atomic E-state index is 0.00724. The van der Waals surface area contributed by atoms with E-state index in [9.17, 15) is 9.59 Å². The van der Waals surface area contributed by atoms with Gasteiger partial charge in [-0.2, -0.15) is 0 Å². The lowest BCUT2D eigenvalue weighted by Crippen LogP contribution is -2.46. The van der Waals surface area contributed by atoms with Crippen LogP contribution in [-0.4, -0.2) is 34.8 Å². The van der Waals surface area contributed by atoms with Crippen molar-refractivity contribution in [3.63, 3.8) is 0 Å². The Hall–Kier alpha value is -1.91. The summed E-state index contributed by atoms with van der Waals surface area (Å²) in [6, 6.07) is 5.59. The van der Waals surface area contributed by atoms with Crippen molar-refractivity contribution < 1.29 is 9.59 Å². The van der Waals surface area contributed by atoms with Crippen molar-refractivity contribution in [3.05, 3.63) is 30.1 Å². The number of aromatic nitrogens is 1. The molecule has 2 unspecified atom stereocenters. The summed E-state index contributed by atoms with van der Waals surface area (Å²) < 4.78 is 0. The number of carbonyl (C=O) groups excluding carboxylic acids is 2. The average molecular weight is 303 g/mol. The number of likely N-dealkylation sites (tertiary alicyclic amines) is 1. The fourth-order valence-electron chi connectivity index (χ4n) is 3.06. The molecule has 0 bridgehead atoms. The van der Waals surface area contributed by atoms with Gasteiger partial charge >= 0.3 is 0 Å². The molecule has 5 heteroatoms. The van der Waals surface area contributed by atoms with E-state index in [0.717, 1.165) is 25.1 Å². The van der Waals surface area contributed by atoms with E-state index in [0.29, 0.717) is 6.54 Å². The third-order valence-electron chi connectivity index (χ3n) is 4.10. The molecule has 2 rings (SSSR count). The molecule has 0 aromatic carbocycles. The summed E-state index contributed by atoms with van der Waals surface area (Å²) in [5.41, 5.74) is 0.863. The first-order chi connectivity index (χ1) is 10.5.